The van der Waals surface area contributed by atoms with Gasteiger partial charge in [-0.05, 0) is 44.1 Å². The van der Waals surface area contributed by atoms with E-state index in [0.29, 0.717) is 25.1 Å². The first-order chi connectivity index (χ1) is 16.6. The lowest BCUT2D eigenvalue weighted by Crippen LogP contribution is -2.74. The van der Waals surface area contributed by atoms with Crippen molar-refractivity contribution in [3.05, 3.63) is 35.1 Å². The molecule has 1 aromatic rings. The Morgan fingerprint density at radius 1 is 1.34 bits per heavy atom. The number of rotatable bonds is 7. The third-order valence-corrected chi connectivity index (χ3v) is 7.88. The van der Waals surface area contributed by atoms with Crippen molar-refractivity contribution in [3.63, 3.8) is 0 Å². The number of phenolic OH excluding ortho intramolecular Hbond substituents is 1. The number of nitrogens with one attached hydrogen (secondary N) is 1. The topological polar surface area (TPSA) is 166 Å². The lowest BCUT2D eigenvalue weighted by atomic mass is 9.50. The zero-order valence-corrected chi connectivity index (χ0v) is 19.2. The van der Waals surface area contributed by atoms with Gasteiger partial charge in [-0.25, -0.2) is 0 Å². The van der Waals surface area contributed by atoms with Crippen molar-refractivity contribution in [1.82, 2.24) is 10.2 Å². The van der Waals surface area contributed by atoms with Crippen LogP contribution < -0.4 is 10.1 Å². The summed E-state index contributed by atoms with van der Waals surface area (Å²) < 4.78 is 11.8. The minimum atomic E-state index is -1.71. The van der Waals surface area contributed by atoms with Gasteiger partial charge < -0.3 is 40.1 Å². The summed E-state index contributed by atoms with van der Waals surface area (Å²) in [7, 11) is 1.98. The number of ether oxygens (including phenoxy) is 2. The van der Waals surface area contributed by atoms with E-state index in [9.17, 15) is 29.7 Å². The van der Waals surface area contributed by atoms with E-state index in [-0.39, 0.29) is 36.9 Å². The molecule has 2 heterocycles. The van der Waals surface area contributed by atoms with E-state index < -0.39 is 47.5 Å². The minimum absolute atomic E-state index is 0.0273. The first kappa shape index (κ1) is 23.6. The van der Waals surface area contributed by atoms with Gasteiger partial charge in [-0.2, -0.15) is 0 Å². The summed E-state index contributed by atoms with van der Waals surface area (Å²) in [6.45, 7) is 0.549. The highest BCUT2D eigenvalue weighted by molar-refractivity contribution is 5.85. The van der Waals surface area contributed by atoms with Gasteiger partial charge in [-0.15, -0.1) is 0 Å². The fourth-order valence-electron chi connectivity index (χ4n) is 6.28. The number of esters is 1. The van der Waals surface area contributed by atoms with Crippen LogP contribution in [0.3, 0.4) is 0 Å². The van der Waals surface area contributed by atoms with Crippen LogP contribution in [0.2, 0.25) is 0 Å². The summed E-state index contributed by atoms with van der Waals surface area (Å²) in [6, 6.07) is 3.28. The number of carboxylic acids is 1. The second-order valence-electron chi connectivity index (χ2n) is 9.73. The maximum absolute atomic E-state index is 12.6. The summed E-state index contributed by atoms with van der Waals surface area (Å²) >= 11 is 0. The SMILES string of the molecule is CN1CC[C@]23c4c5ccc(O)c4O[C@H]2C(OC(=O)CCNC(=O)[C@@H](O)CC(=O)O)=CC[C@@]3(O)[C@H]1C5. The molecule has 4 aliphatic rings. The highest BCUT2D eigenvalue weighted by Gasteiger charge is 2.72. The number of carbonyl (C=O) groups excluding carboxylic acids is 2. The molecule has 0 radical (unpaired) electrons. The highest BCUT2D eigenvalue weighted by atomic mass is 16.6. The summed E-state index contributed by atoms with van der Waals surface area (Å²) in [4.78, 5) is 37.1. The monoisotopic (exact) mass is 488 g/mol. The summed E-state index contributed by atoms with van der Waals surface area (Å²) in [5, 5.41) is 43.1. The number of benzene rings is 1. The third-order valence-electron chi connectivity index (χ3n) is 7.88. The number of hydrogen-bond acceptors (Lipinski definition) is 9. The Balaban J connectivity index is 1.35. The summed E-state index contributed by atoms with van der Waals surface area (Å²) in [5.41, 5.74) is -0.251. The smallest absolute Gasteiger partial charge is 0.312 e. The van der Waals surface area contributed by atoms with Crippen molar-refractivity contribution >= 4 is 17.8 Å². The van der Waals surface area contributed by atoms with Crippen molar-refractivity contribution in [2.45, 2.75) is 61.4 Å². The van der Waals surface area contributed by atoms with Crippen LogP contribution >= 0.6 is 0 Å². The molecule has 2 bridgehead atoms. The van der Waals surface area contributed by atoms with Gasteiger partial charge in [0, 0.05) is 24.6 Å². The lowest BCUT2D eigenvalue weighted by molar-refractivity contribution is -0.169. The van der Waals surface area contributed by atoms with E-state index in [1.165, 1.54) is 0 Å². The molecule has 188 valence electrons. The first-order valence-corrected chi connectivity index (χ1v) is 11.6. The van der Waals surface area contributed by atoms with Crippen molar-refractivity contribution in [1.29, 1.82) is 0 Å². The molecule has 1 amide bonds. The fraction of sp³-hybridized carbons (Fsp3) is 0.542. The van der Waals surface area contributed by atoms with Gasteiger partial charge in [0.2, 0.25) is 5.91 Å². The molecule has 1 aromatic carbocycles. The fourth-order valence-corrected chi connectivity index (χ4v) is 6.28. The number of nitrogens with zero attached hydrogens (tertiary/aromatic N) is 1. The number of hydrogen-bond donors (Lipinski definition) is 5. The number of piperidine rings is 1. The predicted octanol–water partition coefficient (Wildman–Crippen LogP) is -0.445. The molecule has 2 aliphatic heterocycles. The minimum Gasteiger partial charge on any atom is -0.504 e. The molecule has 11 nitrogen and oxygen atoms in total. The van der Waals surface area contributed by atoms with Crippen LogP contribution in [0.5, 0.6) is 11.5 Å². The van der Waals surface area contributed by atoms with E-state index in [1.54, 1.807) is 12.1 Å². The van der Waals surface area contributed by atoms with Crippen LogP contribution in [0.4, 0.5) is 0 Å². The standard InChI is InChI=1S/C24H28N2O9/c1-26-9-7-23-19-12-2-3-13(27)20(19)35-21(23)15(4-6-24(23,33)16(26)10-12)34-18(31)5-8-25-22(32)14(28)11-17(29)30/h2-4,14,16,21,27-28,33H,5-11H2,1H3,(H,25,32)(H,29,30)/t14-,16+,21-,23-,24+/m0/s1. The van der Waals surface area contributed by atoms with Crippen LogP contribution in [-0.4, -0.2) is 87.2 Å². The zero-order valence-electron chi connectivity index (χ0n) is 19.2. The van der Waals surface area contributed by atoms with Gasteiger partial charge in [-0.1, -0.05) is 6.07 Å². The normalized spacial score (nSPS) is 31.0. The average Bonchev–Trinajstić information content (AvgIpc) is 3.15. The van der Waals surface area contributed by atoms with Crippen LogP contribution in [0, 0.1) is 0 Å². The van der Waals surface area contributed by atoms with Crippen molar-refractivity contribution in [2.75, 3.05) is 20.1 Å². The van der Waals surface area contributed by atoms with Gasteiger partial charge in [0.25, 0.3) is 0 Å². The van der Waals surface area contributed by atoms with E-state index in [0.717, 1.165) is 11.1 Å². The molecular formula is C24H28N2O9. The molecule has 5 atom stereocenters. The molecule has 1 spiro atoms. The number of carboxylic acid groups (broad SMARTS) is 1. The Morgan fingerprint density at radius 2 is 2.11 bits per heavy atom. The molecule has 0 unspecified atom stereocenters. The molecule has 0 saturated carbocycles. The van der Waals surface area contributed by atoms with Gasteiger partial charge in [0.15, 0.2) is 17.6 Å². The largest absolute Gasteiger partial charge is 0.504 e. The van der Waals surface area contributed by atoms with Crippen LogP contribution in [0.15, 0.2) is 24.0 Å². The number of aliphatic hydroxyl groups excluding tert-OH is 1. The Kier molecular flexibility index (Phi) is 5.53. The zero-order chi connectivity index (χ0) is 25.1. The third kappa shape index (κ3) is 3.40. The van der Waals surface area contributed by atoms with Gasteiger partial charge in [0.1, 0.15) is 11.9 Å². The number of likely N-dealkylation sites (tertiary alicyclic amines) is 1. The van der Waals surface area contributed by atoms with Gasteiger partial charge >= 0.3 is 11.9 Å². The van der Waals surface area contributed by atoms with Gasteiger partial charge in [-0.3, -0.25) is 14.4 Å². The van der Waals surface area contributed by atoms with Crippen molar-refractivity contribution in [2.24, 2.45) is 0 Å². The number of phenols is 1. The summed E-state index contributed by atoms with van der Waals surface area (Å²) in [6.07, 6.45) is -0.387. The van der Waals surface area contributed by atoms with E-state index in [1.807, 2.05) is 13.1 Å². The second-order valence-corrected chi connectivity index (χ2v) is 9.73. The Morgan fingerprint density at radius 3 is 2.86 bits per heavy atom. The Hall–Kier alpha value is -3.15. The molecule has 35 heavy (non-hydrogen) atoms. The van der Waals surface area contributed by atoms with Crippen LogP contribution in [0.25, 0.3) is 0 Å². The highest BCUT2D eigenvalue weighted by Crippen LogP contribution is 2.65. The number of amides is 1. The van der Waals surface area contributed by atoms with Crippen molar-refractivity contribution < 1.29 is 44.3 Å². The number of carbonyl (C=O) groups is 3. The lowest BCUT2D eigenvalue weighted by Gasteiger charge is -2.61. The molecule has 5 rings (SSSR count). The molecule has 1 fully saturated rings. The number of aromatic hydroxyl groups is 1. The molecule has 1 saturated heterocycles. The van der Waals surface area contributed by atoms with Crippen molar-refractivity contribution in [3.8, 4) is 11.5 Å². The molecule has 11 heteroatoms. The van der Waals surface area contributed by atoms with Gasteiger partial charge in [0.05, 0.1) is 23.9 Å². The number of likely N-dealkylation sites (N-methyl/N-ethyl adjacent to an activating group) is 1. The second kappa shape index (κ2) is 8.21. The predicted molar refractivity (Wildman–Crippen MR) is 119 cm³/mol. The van der Waals surface area contributed by atoms with Crippen LogP contribution in [-0.2, 0) is 31.0 Å². The summed E-state index contributed by atoms with van der Waals surface area (Å²) in [5.74, 6) is -2.32. The van der Waals surface area contributed by atoms with Crippen LogP contribution in [0.1, 0.15) is 36.8 Å². The average molecular weight is 488 g/mol. The maximum Gasteiger partial charge on any atom is 0.312 e. The molecular weight excluding hydrogens is 460 g/mol. The number of aliphatic carboxylic acids is 1. The first-order valence-electron chi connectivity index (χ1n) is 11.6. The van der Waals surface area contributed by atoms with E-state index in [4.69, 9.17) is 14.6 Å². The quantitative estimate of drug-likeness (QED) is 0.318. The molecule has 2 aliphatic carbocycles. The number of aliphatic hydroxyl groups is 2. The molecule has 5 N–H and O–H groups in total. The van der Waals surface area contributed by atoms with E-state index >= 15 is 0 Å². The molecule has 0 aromatic heterocycles. The maximum atomic E-state index is 12.6. The van der Waals surface area contributed by atoms with E-state index in [2.05, 4.69) is 10.2 Å². The Labute approximate surface area is 200 Å². The Bertz CT molecular complexity index is 1130.